The van der Waals surface area contributed by atoms with E-state index in [1.807, 2.05) is 0 Å². The maximum absolute atomic E-state index is 13.2. The summed E-state index contributed by atoms with van der Waals surface area (Å²) in [6, 6.07) is 5.65. The minimum absolute atomic E-state index is 0.0670. The predicted molar refractivity (Wildman–Crippen MR) is 90.3 cm³/mol. The minimum Gasteiger partial charge on any atom is -0.379 e. The molecule has 1 aromatic rings. The number of carbonyl (C=O) groups excluding carboxylic acids is 2. The molecule has 1 N–H and O–H groups in total. The van der Waals surface area contributed by atoms with E-state index in [2.05, 4.69) is 10.2 Å². The molecule has 2 unspecified atom stereocenters. The van der Waals surface area contributed by atoms with E-state index in [1.54, 1.807) is 24.1 Å². The Labute approximate surface area is 146 Å². The Morgan fingerprint density at radius 3 is 2.64 bits per heavy atom. The molecule has 2 aliphatic heterocycles. The Morgan fingerprint density at radius 1 is 1.28 bits per heavy atom. The van der Waals surface area contributed by atoms with Crippen LogP contribution in [0.3, 0.4) is 0 Å². The third kappa shape index (κ3) is 4.16. The molecule has 7 heteroatoms. The molecule has 25 heavy (non-hydrogen) atoms. The largest absolute Gasteiger partial charge is 0.379 e. The molecule has 2 heterocycles. The van der Waals surface area contributed by atoms with Gasteiger partial charge in [0, 0.05) is 39.6 Å². The van der Waals surface area contributed by atoms with Gasteiger partial charge in [-0.15, -0.1) is 0 Å². The fourth-order valence-electron chi connectivity index (χ4n) is 3.51. The van der Waals surface area contributed by atoms with E-state index < -0.39 is 5.92 Å². The van der Waals surface area contributed by atoms with Crippen molar-refractivity contribution >= 4 is 11.8 Å². The summed E-state index contributed by atoms with van der Waals surface area (Å²) in [6.45, 7) is 4.51. The molecule has 0 spiro atoms. The number of hydrogen-bond acceptors (Lipinski definition) is 4. The first kappa shape index (κ1) is 17.8. The molecule has 0 aliphatic carbocycles. The van der Waals surface area contributed by atoms with Crippen molar-refractivity contribution in [1.29, 1.82) is 0 Å². The molecule has 6 nitrogen and oxygen atoms in total. The zero-order chi connectivity index (χ0) is 17.8. The summed E-state index contributed by atoms with van der Waals surface area (Å²) in [5.74, 6) is -0.974. The van der Waals surface area contributed by atoms with Crippen LogP contribution in [0.5, 0.6) is 0 Å². The van der Waals surface area contributed by atoms with Crippen molar-refractivity contribution in [3.05, 3.63) is 35.6 Å². The number of rotatable bonds is 5. The molecule has 2 fully saturated rings. The molecule has 2 amide bonds. The smallest absolute Gasteiger partial charge is 0.226 e. The first-order chi connectivity index (χ1) is 12.1. The molecule has 0 radical (unpaired) electrons. The zero-order valence-electron chi connectivity index (χ0n) is 14.4. The highest BCUT2D eigenvalue weighted by Gasteiger charge is 2.42. The van der Waals surface area contributed by atoms with E-state index in [-0.39, 0.29) is 30.1 Å². The topological polar surface area (TPSA) is 61.9 Å². The SMILES string of the molecule is CN1C(=O)CC(C(=O)NCCN2CCOCC2)C1c1ccc(F)cc1. The van der Waals surface area contributed by atoms with Gasteiger partial charge in [-0.25, -0.2) is 4.39 Å². The lowest BCUT2D eigenvalue weighted by molar-refractivity contribution is -0.128. The number of benzene rings is 1. The summed E-state index contributed by atoms with van der Waals surface area (Å²) < 4.78 is 18.5. The molecule has 136 valence electrons. The monoisotopic (exact) mass is 349 g/mol. The zero-order valence-corrected chi connectivity index (χ0v) is 14.4. The van der Waals surface area contributed by atoms with E-state index in [0.29, 0.717) is 6.54 Å². The second-order valence-corrected chi connectivity index (χ2v) is 6.56. The Kier molecular flexibility index (Phi) is 5.65. The van der Waals surface area contributed by atoms with Gasteiger partial charge in [0.25, 0.3) is 0 Å². The molecule has 2 aliphatic rings. The van der Waals surface area contributed by atoms with Crippen LogP contribution >= 0.6 is 0 Å². The quantitative estimate of drug-likeness (QED) is 0.854. The number of amides is 2. The average Bonchev–Trinajstić information content (AvgIpc) is 2.92. The Bertz CT molecular complexity index is 616. The second-order valence-electron chi connectivity index (χ2n) is 6.56. The number of hydrogen-bond donors (Lipinski definition) is 1. The van der Waals surface area contributed by atoms with Crippen molar-refractivity contribution in [3.8, 4) is 0 Å². The van der Waals surface area contributed by atoms with Gasteiger partial charge in [0.1, 0.15) is 5.82 Å². The Morgan fingerprint density at radius 2 is 1.96 bits per heavy atom. The summed E-state index contributed by atoms with van der Waals surface area (Å²) in [5.41, 5.74) is 0.781. The van der Waals surface area contributed by atoms with Gasteiger partial charge < -0.3 is 15.0 Å². The van der Waals surface area contributed by atoms with E-state index >= 15 is 0 Å². The third-order valence-corrected chi connectivity index (χ3v) is 4.97. The predicted octanol–water partition coefficient (Wildman–Crippen LogP) is 0.794. The van der Waals surface area contributed by atoms with Gasteiger partial charge in [-0.3, -0.25) is 14.5 Å². The van der Waals surface area contributed by atoms with Crippen molar-refractivity contribution in [2.75, 3.05) is 46.4 Å². The van der Waals surface area contributed by atoms with E-state index in [4.69, 9.17) is 4.74 Å². The lowest BCUT2D eigenvalue weighted by atomic mass is 9.93. The van der Waals surface area contributed by atoms with Crippen LogP contribution in [0.15, 0.2) is 24.3 Å². The number of nitrogens with one attached hydrogen (secondary N) is 1. The standard InChI is InChI=1S/C18H24FN3O3/c1-21-16(23)12-15(17(21)13-2-4-14(19)5-3-13)18(24)20-6-7-22-8-10-25-11-9-22/h2-5,15,17H,6-12H2,1H3,(H,20,24). The lowest BCUT2D eigenvalue weighted by Crippen LogP contribution is -2.43. The first-order valence-electron chi connectivity index (χ1n) is 8.65. The maximum Gasteiger partial charge on any atom is 0.226 e. The number of nitrogens with zero attached hydrogens (tertiary/aromatic N) is 2. The molecule has 2 atom stereocenters. The molecule has 2 saturated heterocycles. The summed E-state index contributed by atoms with van der Waals surface area (Å²) in [7, 11) is 1.69. The molecule has 0 aromatic heterocycles. The van der Waals surface area contributed by atoms with Crippen LogP contribution in [0, 0.1) is 11.7 Å². The number of morpholine rings is 1. The molecular formula is C18H24FN3O3. The van der Waals surface area contributed by atoms with Gasteiger partial charge in [-0.1, -0.05) is 12.1 Å². The number of carbonyl (C=O) groups is 2. The summed E-state index contributed by atoms with van der Waals surface area (Å²) in [5, 5.41) is 2.95. The van der Waals surface area contributed by atoms with Gasteiger partial charge in [0.15, 0.2) is 0 Å². The van der Waals surface area contributed by atoms with E-state index in [9.17, 15) is 14.0 Å². The molecule has 0 bridgehead atoms. The van der Waals surface area contributed by atoms with Crippen LogP contribution in [0.2, 0.25) is 0 Å². The fourth-order valence-corrected chi connectivity index (χ4v) is 3.51. The fraction of sp³-hybridized carbons (Fsp3) is 0.556. The van der Waals surface area contributed by atoms with Gasteiger partial charge >= 0.3 is 0 Å². The Hall–Kier alpha value is -1.99. The summed E-state index contributed by atoms with van der Waals surface area (Å²) in [4.78, 5) is 28.6. The highest BCUT2D eigenvalue weighted by Crippen LogP contribution is 2.37. The van der Waals surface area contributed by atoms with Crippen LogP contribution in [-0.4, -0.2) is 68.1 Å². The Balaban J connectivity index is 1.61. The van der Waals surface area contributed by atoms with Crippen molar-refractivity contribution < 1.29 is 18.7 Å². The third-order valence-electron chi connectivity index (χ3n) is 4.97. The van der Waals surface area contributed by atoms with Crippen molar-refractivity contribution in [2.45, 2.75) is 12.5 Å². The van der Waals surface area contributed by atoms with Gasteiger partial charge in [-0.2, -0.15) is 0 Å². The highest BCUT2D eigenvalue weighted by molar-refractivity contribution is 5.90. The molecule has 0 saturated carbocycles. The number of likely N-dealkylation sites (tertiary alicyclic amines) is 1. The molecule has 1 aromatic carbocycles. The lowest BCUT2D eigenvalue weighted by Gasteiger charge is -2.27. The van der Waals surface area contributed by atoms with Crippen molar-refractivity contribution in [1.82, 2.24) is 15.1 Å². The summed E-state index contributed by atoms with van der Waals surface area (Å²) >= 11 is 0. The van der Waals surface area contributed by atoms with Gasteiger partial charge in [0.05, 0.1) is 25.2 Å². The van der Waals surface area contributed by atoms with Crippen molar-refractivity contribution in [3.63, 3.8) is 0 Å². The minimum atomic E-state index is -0.451. The average molecular weight is 349 g/mol. The van der Waals surface area contributed by atoms with Crippen LogP contribution in [0.4, 0.5) is 4.39 Å². The maximum atomic E-state index is 13.2. The van der Waals surface area contributed by atoms with Crippen LogP contribution < -0.4 is 5.32 Å². The van der Waals surface area contributed by atoms with Gasteiger partial charge in [0.2, 0.25) is 11.8 Å². The summed E-state index contributed by atoms with van der Waals surface area (Å²) in [6.07, 6.45) is 0.182. The van der Waals surface area contributed by atoms with Gasteiger partial charge in [-0.05, 0) is 17.7 Å². The second kappa shape index (κ2) is 7.93. The highest BCUT2D eigenvalue weighted by atomic mass is 19.1. The molecule has 3 rings (SSSR count). The number of ether oxygens (including phenoxy) is 1. The van der Waals surface area contributed by atoms with Crippen LogP contribution in [-0.2, 0) is 14.3 Å². The van der Waals surface area contributed by atoms with E-state index in [0.717, 1.165) is 38.4 Å². The van der Waals surface area contributed by atoms with E-state index in [1.165, 1.54) is 12.1 Å². The first-order valence-corrected chi connectivity index (χ1v) is 8.65. The normalized spacial score (nSPS) is 24.6. The van der Waals surface area contributed by atoms with Crippen LogP contribution in [0.25, 0.3) is 0 Å². The van der Waals surface area contributed by atoms with Crippen molar-refractivity contribution in [2.24, 2.45) is 5.92 Å². The molecular weight excluding hydrogens is 325 g/mol. The number of halogens is 1. The van der Waals surface area contributed by atoms with Crippen LogP contribution in [0.1, 0.15) is 18.0 Å².